The summed E-state index contributed by atoms with van der Waals surface area (Å²) in [6.45, 7) is 3.02. The van der Waals surface area contributed by atoms with Gasteiger partial charge in [0.25, 0.3) is 11.8 Å². The van der Waals surface area contributed by atoms with Crippen LogP contribution in [0.3, 0.4) is 0 Å². The molecule has 2 aromatic carbocycles. The van der Waals surface area contributed by atoms with Crippen molar-refractivity contribution in [3.63, 3.8) is 0 Å². The van der Waals surface area contributed by atoms with Crippen LogP contribution in [-0.2, 0) is 10.0 Å². The molecule has 35 heavy (non-hydrogen) atoms. The number of aromatic nitrogens is 2. The van der Waals surface area contributed by atoms with Crippen LogP contribution >= 0.6 is 0 Å². The van der Waals surface area contributed by atoms with Gasteiger partial charge in [0.15, 0.2) is 0 Å². The number of hydrazine groups is 1. The zero-order valence-electron chi connectivity index (χ0n) is 19.4. The van der Waals surface area contributed by atoms with Crippen molar-refractivity contribution in [3.05, 3.63) is 77.1 Å². The number of amides is 2. The molecule has 0 radical (unpaired) electrons. The normalized spacial score (nSPS) is 16.3. The monoisotopic (exact) mass is 493 g/mol. The molecule has 2 fully saturated rings. The number of carbonyl (C=O) groups excluding carboxylic acids is 2. The topological polar surface area (TPSA) is 113 Å². The Balaban J connectivity index is 1.28. The molecule has 0 unspecified atom stereocenters. The van der Waals surface area contributed by atoms with Crippen molar-refractivity contribution in [2.75, 3.05) is 13.1 Å². The van der Waals surface area contributed by atoms with Crippen molar-refractivity contribution in [3.8, 4) is 5.69 Å². The fourth-order valence-electron chi connectivity index (χ4n) is 4.38. The lowest BCUT2D eigenvalue weighted by atomic mass is 10.1. The van der Waals surface area contributed by atoms with Gasteiger partial charge in [0.05, 0.1) is 28.0 Å². The second-order valence-electron chi connectivity index (χ2n) is 8.96. The first-order chi connectivity index (χ1) is 16.9. The molecule has 1 aliphatic heterocycles. The zero-order valence-corrected chi connectivity index (χ0v) is 20.2. The molecule has 0 atom stereocenters. The third-order valence-corrected chi connectivity index (χ3v) is 8.38. The average Bonchev–Trinajstić information content (AvgIpc) is 3.35. The summed E-state index contributed by atoms with van der Waals surface area (Å²) in [5, 5.41) is 4.46. The molecule has 3 aromatic rings. The summed E-state index contributed by atoms with van der Waals surface area (Å²) in [7, 11) is -3.55. The highest BCUT2D eigenvalue weighted by atomic mass is 32.2. The molecule has 0 bridgehead atoms. The third kappa shape index (κ3) is 4.59. The fraction of sp³-hybridized carbons (Fsp3) is 0.320. The Morgan fingerprint density at radius 2 is 1.60 bits per heavy atom. The van der Waals surface area contributed by atoms with Gasteiger partial charge in [-0.15, -0.1) is 0 Å². The zero-order chi connectivity index (χ0) is 24.6. The Morgan fingerprint density at radius 3 is 2.26 bits per heavy atom. The van der Waals surface area contributed by atoms with Crippen LogP contribution in [0.1, 0.15) is 63.6 Å². The van der Waals surface area contributed by atoms with Gasteiger partial charge in [0.1, 0.15) is 0 Å². The van der Waals surface area contributed by atoms with Gasteiger partial charge in [0.2, 0.25) is 10.0 Å². The van der Waals surface area contributed by atoms with Crippen LogP contribution in [0.15, 0.2) is 59.6 Å². The molecule has 1 aliphatic carbocycles. The lowest BCUT2D eigenvalue weighted by Crippen LogP contribution is -2.41. The van der Waals surface area contributed by atoms with E-state index in [-0.39, 0.29) is 16.4 Å². The molecule has 5 rings (SSSR count). The number of hydrogen-bond acceptors (Lipinski definition) is 5. The number of sulfonamides is 1. The molecule has 2 N–H and O–H groups in total. The van der Waals surface area contributed by atoms with E-state index in [0.29, 0.717) is 18.7 Å². The minimum Gasteiger partial charge on any atom is -0.267 e. The number of nitrogens with one attached hydrogen (secondary N) is 2. The number of aryl methyl sites for hydroxylation is 1. The quantitative estimate of drug-likeness (QED) is 0.513. The number of nitrogens with zero attached hydrogens (tertiary/aromatic N) is 3. The van der Waals surface area contributed by atoms with E-state index < -0.39 is 21.8 Å². The SMILES string of the molecule is Cc1ccccc1-n1ncc(C(=O)NNC(=O)c2ccc(S(=O)(=O)N3CCCC3)cc2)c1C1CC1. The Kier molecular flexibility index (Phi) is 6.16. The van der Waals surface area contributed by atoms with E-state index in [0.717, 1.165) is 42.6 Å². The summed E-state index contributed by atoms with van der Waals surface area (Å²) >= 11 is 0. The van der Waals surface area contributed by atoms with Crippen LogP contribution in [0.4, 0.5) is 0 Å². The number of carbonyl (C=O) groups is 2. The average molecular weight is 494 g/mol. The Labute approximate surface area is 204 Å². The van der Waals surface area contributed by atoms with Gasteiger partial charge in [-0.25, -0.2) is 13.1 Å². The van der Waals surface area contributed by atoms with Crippen LogP contribution in [0, 0.1) is 6.92 Å². The molecule has 1 aromatic heterocycles. The Morgan fingerprint density at radius 1 is 0.943 bits per heavy atom. The highest BCUT2D eigenvalue weighted by Crippen LogP contribution is 2.42. The summed E-state index contributed by atoms with van der Waals surface area (Å²) in [6, 6.07) is 13.6. The van der Waals surface area contributed by atoms with Crippen LogP contribution in [-0.4, -0.2) is 47.4 Å². The first-order valence-corrected chi connectivity index (χ1v) is 13.1. The van der Waals surface area contributed by atoms with E-state index >= 15 is 0 Å². The van der Waals surface area contributed by atoms with E-state index in [1.54, 1.807) is 0 Å². The minimum absolute atomic E-state index is 0.151. The second-order valence-corrected chi connectivity index (χ2v) is 10.9. The lowest BCUT2D eigenvalue weighted by molar-refractivity contribution is 0.0846. The Hall–Kier alpha value is -3.50. The summed E-state index contributed by atoms with van der Waals surface area (Å²) in [5.41, 5.74) is 8.35. The van der Waals surface area contributed by atoms with Crippen LogP contribution in [0.5, 0.6) is 0 Å². The molecule has 2 heterocycles. The molecule has 9 nitrogen and oxygen atoms in total. The van der Waals surface area contributed by atoms with E-state index in [4.69, 9.17) is 0 Å². The van der Waals surface area contributed by atoms with Crippen molar-refractivity contribution in [2.45, 2.75) is 43.4 Å². The predicted molar refractivity (Wildman–Crippen MR) is 130 cm³/mol. The van der Waals surface area contributed by atoms with Gasteiger partial charge in [-0.2, -0.15) is 9.40 Å². The van der Waals surface area contributed by atoms with E-state index in [1.807, 2.05) is 35.9 Å². The van der Waals surface area contributed by atoms with E-state index in [9.17, 15) is 18.0 Å². The molecule has 2 aliphatic rings. The first-order valence-electron chi connectivity index (χ1n) is 11.7. The third-order valence-electron chi connectivity index (χ3n) is 6.47. The highest BCUT2D eigenvalue weighted by molar-refractivity contribution is 7.89. The van der Waals surface area contributed by atoms with Crippen molar-refractivity contribution < 1.29 is 18.0 Å². The predicted octanol–water partition coefficient (Wildman–Crippen LogP) is 2.92. The van der Waals surface area contributed by atoms with Crippen LogP contribution in [0.2, 0.25) is 0 Å². The maximum absolute atomic E-state index is 12.9. The summed E-state index contributed by atoms with van der Waals surface area (Å²) in [6.07, 6.45) is 5.20. The number of benzene rings is 2. The molecule has 1 saturated heterocycles. The molecular weight excluding hydrogens is 466 g/mol. The van der Waals surface area contributed by atoms with Gasteiger partial charge in [-0.3, -0.25) is 20.4 Å². The summed E-state index contributed by atoms with van der Waals surface area (Å²) in [5.74, 6) is -0.741. The number of hydrogen-bond donors (Lipinski definition) is 2. The Bertz CT molecular complexity index is 1370. The lowest BCUT2D eigenvalue weighted by Gasteiger charge is -2.15. The van der Waals surface area contributed by atoms with Crippen LogP contribution < -0.4 is 10.9 Å². The minimum atomic E-state index is -3.55. The smallest absolute Gasteiger partial charge is 0.267 e. The van der Waals surface area contributed by atoms with E-state index in [1.165, 1.54) is 34.8 Å². The van der Waals surface area contributed by atoms with Gasteiger partial charge < -0.3 is 0 Å². The van der Waals surface area contributed by atoms with Crippen LogP contribution in [0.25, 0.3) is 5.69 Å². The van der Waals surface area contributed by atoms with E-state index in [2.05, 4.69) is 16.0 Å². The van der Waals surface area contributed by atoms with Crippen molar-refractivity contribution >= 4 is 21.8 Å². The van der Waals surface area contributed by atoms with Gasteiger partial charge in [-0.05, 0) is 68.5 Å². The molecule has 2 amide bonds. The fourth-order valence-corrected chi connectivity index (χ4v) is 5.90. The van der Waals surface area contributed by atoms with Gasteiger partial charge in [-0.1, -0.05) is 18.2 Å². The van der Waals surface area contributed by atoms with Crippen molar-refractivity contribution in [1.29, 1.82) is 0 Å². The number of rotatable bonds is 6. The summed E-state index contributed by atoms with van der Waals surface area (Å²) in [4.78, 5) is 25.7. The molecular formula is C25H27N5O4S. The molecule has 10 heteroatoms. The molecule has 182 valence electrons. The second kappa shape index (κ2) is 9.27. The van der Waals surface area contributed by atoms with Crippen molar-refractivity contribution in [1.82, 2.24) is 24.9 Å². The maximum atomic E-state index is 12.9. The largest absolute Gasteiger partial charge is 0.273 e. The first kappa shape index (κ1) is 23.3. The molecule has 1 saturated carbocycles. The van der Waals surface area contributed by atoms with Gasteiger partial charge >= 0.3 is 0 Å². The van der Waals surface area contributed by atoms with Crippen molar-refractivity contribution in [2.24, 2.45) is 0 Å². The summed E-state index contributed by atoms with van der Waals surface area (Å²) < 4.78 is 28.6. The maximum Gasteiger partial charge on any atom is 0.273 e. The van der Waals surface area contributed by atoms with Gasteiger partial charge in [0, 0.05) is 24.6 Å². The highest BCUT2D eigenvalue weighted by Gasteiger charge is 2.33. The molecule has 0 spiro atoms. The number of para-hydroxylation sites is 1. The standard InChI is InChI=1S/C25H27N5O4S/c1-17-6-2-3-7-22(17)30-23(18-8-9-18)21(16-26-30)25(32)28-27-24(31)19-10-12-20(13-11-19)35(33,34)29-14-4-5-15-29/h2-3,6-7,10-13,16,18H,4-5,8-9,14-15H2,1H3,(H,27,31)(H,28,32).